The topological polar surface area (TPSA) is 78.2 Å². The van der Waals surface area contributed by atoms with Gasteiger partial charge in [0.05, 0.1) is 11.9 Å². The Morgan fingerprint density at radius 3 is 2.43 bits per heavy atom. The highest BCUT2D eigenvalue weighted by molar-refractivity contribution is 5.96. The van der Waals surface area contributed by atoms with Gasteiger partial charge in [-0.25, -0.2) is 9.97 Å². The predicted octanol–water partition coefficient (Wildman–Crippen LogP) is 4.90. The fourth-order valence-electron chi connectivity index (χ4n) is 5.94. The predicted molar refractivity (Wildman–Crippen MR) is 158 cm³/mol. The molecule has 42 heavy (non-hydrogen) atoms. The third kappa shape index (κ3) is 5.93. The van der Waals surface area contributed by atoms with Crippen LogP contribution in [0.3, 0.4) is 0 Å². The quantitative estimate of drug-likeness (QED) is 0.336. The molecule has 2 aromatic carbocycles. The summed E-state index contributed by atoms with van der Waals surface area (Å²) >= 11 is 0. The number of piperidine rings is 1. The molecule has 0 saturated carbocycles. The number of fused-ring (bicyclic) bond motifs is 1. The van der Waals surface area contributed by atoms with Crippen molar-refractivity contribution in [2.24, 2.45) is 0 Å². The Bertz CT molecular complexity index is 1540. The molecular formula is C31H35F2N7O2. The van der Waals surface area contributed by atoms with E-state index < -0.39 is 6.61 Å². The number of benzene rings is 2. The molecule has 2 aliphatic rings. The van der Waals surface area contributed by atoms with Gasteiger partial charge >= 0.3 is 6.61 Å². The molecule has 1 N–H and O–H groups in total. The zero-order chi connectivity index (χ0) is 29.2. The van der Waals surface area contributed by atoms with Crippen LogP contribution in [-0.4, -0.2) is 93.9 Å². The van der Waals surface area contributed by atoms with Crippen molar-refractivity contribution in [2.75, 3.05) is 51.6 Å². The van der Waals surface area contributed by atoms with Crippen LogP contribution < -0.4 is 10.1 Å². The highest BCUT2D eigenvalue weighted by atomic mass is 19.3. The summed E-state index contributed by atoms with van der Waals surface area (Å²) in [5, 5.41) is 3.34. The lowest BCUT2D eigenvalue weighted by molar-refractivity contribution is -0.0498. The van der Waals surface area contributed by atoms with Crippen molar-refractivity contribution in [2.45, 2.75) is 32.4 Å². The number of likely N-dealkylation sites (tertiary alicyclic amines) is 1. The molecule has 0 atom stereocenters. The van der Waals surface area contributed by atoms with Crippen LogP contribution in [0.2, 0.25) is 0 Å². The first-order valence-electron chi connectivity index (χ1n) is 14.3. The maximum absolute atomic E-state index is 13.4. The maximum Gasteiger partial charge on any atom is 0.387 e. The third-order valence-corrected chi connectivity index (χ3v) is 8.33. The molecule has 0 aliphatic carbocycles. The summed E-state index contributed by atoms with van der Waals surface area (Å²) in [7, 11) is 2.17. The largest absolute Gasteiger partial charge is 0.435 e. The normalized spacial score (nSPS) is 17.2. The van der Waals surface area contributed by atoms with Crippen molar-refractivity contribution in [3.8, 4) is 17.0 Å². The second-order valence-corrected chi connectivity index (χ2v) is 11.0. The molecule has 0 spiro atoms. The van der Waals surface area contributed by atoms with Crippen molar-refractivity contribution >= 4 is 23.1 Å². The molecule has 2 fully saturated rings. The molecule has 2 saturated heterocycles. The molecule has 11 heteroatoms. The van der Waals surface area contributed by atoms with Gasteiger partial charge in [0, 0.05) is 74.5 Å². The van der Waals surface area contributed by atoms with Crippen LogP contribution in [0.5, 0.6) is 5.75 Å². The lowest BCUT2D eigenvalue weighted by Crippen LogP contribution is -2.53. The van der Waals surface area contributed by atoms with Crippen LogP contribution in [0.1, 0.15) is 28.8 Å². The van der Waals surface area contributed by atoms with Crippen LogP contribution in [-0.2, 0) is 0 Å². The number of aryl methyl sites for hydroxylation is 1. The summed E-state index contributed by atoms with van der Waals surface area (Å²) < 4.78 is 31.4. The number of amides is 1. The number of aromatic nitrogens is 3. The summed E-state index contributed by atoms with van der Waals surface area (Å²) in [5.41, 5.74) is 4.61. The lowest BCUT2D eigenvalue weighted by atomic mass is 10.00. The number of piperazine rings is 1. The van der Waals surface area contributed by atoms with Crippen molar-refractivity contribution in [3.63, 3.8) is 0 Å². The van der Waals surface area contributed by atoms with E-state index in [4.69, 9.17) is 0 Å². The molecule has 220 valence electrons. The number of alkyl halides is 2. The molecule has 0 unspecified atom stereocenters. The Balaban J connectivity index is 1.12. The second-order valence-electron chi connectivity index (χ2n) is 11.0. The highest BCUT2D eigenvalue weighted by Gasteiger charge is 2.29. The zero-order valence-electron chi connectivity index (χ0n) is 23.8. The van der Waals surface area contributed by atoms with E-state index in [9.17, 15) is 13.6 Å². The average molecular weight is 576 g/mol. The van der Waals surface area contributed by atoms with Crippen LogP contribution in [0.15, 0.2) is 61.1 Å². The number of nitrogens with one attached hydrogen (secondary N) is 1. The summed E-state index contributed by atoms with van der Waals surface area (Å²) in [6.45, 7) is 5.09. The van der Waals surface area contributed by atoms with Gasteiger partial charge in [-0.2, -0.15) is 8.78 Å². The maximum atomic E-state index is 13.4. The van der Waals surface area contributed by atoms with Crippen molar-refractivity contribution in [1.82, 2.24) is 29.1 Å². The number of hydrogen-bond acceptors (Lipinski definition) is 7. The second kappa shape index (κ2) is 12.0. The first-order valence-corrected chi connectivity index (χ1v) is 14.3. The highest BCUT2D eigenvalue weighted by Crippen LogP contribution is 2.28. The van der Waals surface area contributed by atoms with E-state index in [2.05, 4.69) is 36.9 Å². The Kier molecular flexibility index (Phi) is 8.03. The van der Waals surface area contributed by atoms with E-state index in [1.54, 1.807) is 30.7 Å². The van der Waals surface area contributed by atoms with Crippen molar-refractivity contribution in [3.05, 3.63) is 72.2 Å². The van der Waals surface area contributed by atoms with Crippen LogP contribution >= 0.6 is 0 Å². The minimum atomic E-state index is -2.87. The Morgan fingerprint density at radius 2 is 1.74 bits per heavy atom. The number of halogens is 2. The van der Waals surface area contributed by atoms with Gasteiger partial charge in [0.2, 0.25) is 0 Å². The molecule has 2 aromatic heterocycles. The van der Waals surface area contributed by atoms with Gasteiger partial charge in [-0.1, -0.05) is 0 Å². The summed E-state index contributed by atoms with van der Waals surface area (Å²) in [4.78, 5) is 29.4. The Morgan fingerprint density at radius 1 is 1.00 bits per heavy atom. The van der Waals surface area contributed by atoms with Gasteiger partial charge < -0.3 is 19.9 Å². The molecule has 4 aromatic rings. The Hall–Kier alpha value is -4.09. The summed E-state index contributed by atoms with van der Waals surface area (Å²) in [6, 6.07) is 12.7. The third-order valence-electron chi connectivity index (χ3n) is 8.33. The first-order chi connectivity index (χ1) is 20.4. The Labute approximate surface area is 243 Å². The minimum absolute atomic E-state index is 0.0824. The number of likely N-dealkylation sites (N-methyl/N-ethyl adjacent to an activating group) is 1. The minimum Gasteiger partial charge on any atom is -0.435 e. The molecular weight excluding hydrogens is 540 g/mol. The van der Waals surface area contributed by atoms with E-state index >= 15 is 0 Å². The number of carbonyl (C=O) groups is 1. The number of anilines is 2. The van der Waals surface area contributed by atoms with Gasteiger partial charge in [-0.05, 0) is 74.8 Å². The van der Waals surface area contributed by atoms with E-state index in [0.717, 1.165) is 74.6 Å². The molecule has 6 rings (SSSR count). The summed E-state index contributed by atoms with van der Waals surface area (Å²) in [6.07, 6.45) is 7.22. The van der Waals surface area contributed by atoms with E-state index in [-0.39, 0.29) is 11.7 Å². The van der Waals surface area contributed by atoms with Gasteiger partial charge in [0.25, 0.3) is 5.91 Å². The zero-order valence-corrected chi connectivity index (χ0v) is 23.8. The first kappa shape index (κ1) is 28.0. The molecule has 2 aliphatic heterocycles. The fourth-order valence-corrected chi connectivity index (χ4v) is 5.94. The summed E-state index contributed by atoms with van der Waals surface area (Å²) in [5.74, 6) is 0.740. The number of imidazole rings is 1. The van der Waals surface area contributed by atoms with Crippen LogP contribution in [0, 0.1) is 6.92 Å². The average Bonchev–Trinajstić information content (AvgIpc) is 3.43. The van der Waals surface area contributed by atoms with Crippen LogP contribution in [0.4, 0.5) is 20.3 Å². The van der Waals surface area contributed by atoms with E-state index in [1.807, 2.05) is 34.4 Å². The number of hydrogen-bond donors (Lipinski definition) is 1. The smallest absolute Gasteiger partial charge is 0.387 e. The molecule has 0 bridgehead atoms. The molecule has 1 amide bonds. The van der Waals surface area contributed by atoms with Crippen molar-refractivity contribution in [1.29, 1.82) is 0 Å². The monoisotopic (exact) mass is 575 g/mol. The molecule has 0 radical (unpaired) electrons. The molecule has 4 heterocycles. The van der Waals surface area contributed by atoms with Gasteiger partial charge in [0.15, 0.2) is 11.5 Å². The van der Waals surface area contributed by atoms with Crippen LogP contribution in [0.25, 0.3) is 16.9 Å². The van der Waals surface area contributed by atoms with Gasteiger partial charge in [-0.3, -0.25) is 14.1 Å². The SMILES string of the molecule is Cc1cc(Nc2nccn3c(-c4ccc(OC(F)F)cc4)cnc23)ccc1C(=O)N1CCC(N2CCN(C)CC2)CC1. The number of carbonyl (C=O) groups excluding carboxylic acids is 1. The lowest BCUT2D eigenvalue weighted by Gasteiger charge is -2.42. The standard InChI is InChI=1S/C31H35F2N7O2/c1-21-19-23(5-8-26(21)30(41)39-12-9-24(10-13-39)38-17-15-37(2)16-18-38)36-28-29-35-20-27(40(29)14-11-34-28)22-3-6-25(7-4-22)42-31(32)33/h3-8,11,14,19-20,24,31H,9-10,12-13,15-18H2,1-2H3,(H,34,36). The van der Waals surface area contributed by atoms with E-state index in [1.165, 1.54) is 12.1 Å². The van der Waals surface area contributed by atoms with Crippen molar-refractivity contribution < 1.29 is 18.3 Å². The molecule has 9 nitrogen and oxygen atoms in total. The van der Waals surface area contributed by atoms with Gasteiger partial charge in [0.1, 0.15) is 5.75 Å². The van der Waals surface area contributed by atoms with E-state index in [0.29, 0.717) is 23.1 Å². The number of rotatable bonds is 7. The fraction of sp³-hybridized carbons (Fsp3) is 0.387. The van der Waals surface area contributed by atoms with Gasteiger partial charge in [-0.15, -0.1) is 0 Å². The number of ether oxygens (including phenoxy) is 1. The number of nitrogens with zero attached hydrogens (tertiary/aromatic N) is 6.